The first-order chi connectivity index (χ1) is 10.3. The van der Waals surface area contributed by atoms with Crippen molar-refractivity contribution >= 4 is 5.84 Å². The van der Waals surface area contributed by atoms with Gasteiger partial charge in [0.25, 0.3) is 0 Å². The fourth-order valence-corrected chi connectivity index (χ4v) is 3.49. The van der Waals surface area contributed by atoms with Crippen LogP contribution in [-0.4, -0.2) is 28.5 Å². The first-order valence-electron chi connectivity index (χ1n) is 8.03. The molecule has 0 saturated heterocycles. The normalized spacial score (nSPS) is 18.9. The first kappa shape index (κ1) is 15.8. The van der Waals surface area contributed by atoms with Gasteiger partial charge in [-0.1, -0.05) is 61.7 Å². The molecule has 0 aliphatic heterocycles. The van der Waals surface area contributed by atoms with Crippen LogP contribution in [0.3, 0.4) is 0 Å². The Balaban J connectivity index is 2.23. The number of nitrogens with zero attached hydrogens (tertiary/aromatic N) is 2. The average Bonchev–Trinajstić information content (AvgIpc) is 2.56. The van der Waals surface area contributed by atoms with Crippen LogP contribution < -0.4 is 5.73 Å². The summed E-state index contributed by atoms with van der Waals surface area (Å²) in [5, 5.41) is 12.1. The summed E-state index contributed by atoms with van der Waals surface area (Å²) >= 11 is 0. The van der Waals surface area contributed by atoms with Gasteiger partial charge in [0.05, 0.1) is 0 Å². The SMILES string of the molecule is CCN(C1CCCCC1)C(CC(N)=NO)c1ccccc1. The van der Waals surface area contributed by atoms with Gasteiger partial charge >= 0.3 is 0 Å². The van der Waals surface area contributed by atoms with Crippen molar-refractivity contribution in [2.24, 2.45) is 10.9 Å². The van der Waals surface area contributed by atoms with Crippen LogP contribution in [0.15, 0.2) is 35.5 Å². The van der Waals surface area contributed by atoms with E-state index in [1.165, 1.54) is 37.7 Å². The molecule has 1 atom stereocenters. The van der Waals surface area contributed by atoms with Gasteiger partial charge in [-0.2, -0.15) is 0 Å². The van der Waals surface area contributed by atoms with Crippen molar-refractivity contribution in [3.8, 4) is 0 Å². The lowest BCUT2D eigenvalue weighted by Crippen LogP contribution is -2.41. The molecule has 2 rings (SSSR count). The molecule has 1 fully saturated rings. The Labute approximate surface area is 127 Å². The number of benzene rings is 1. The summed E-state index contributed by atoms with van der Waals surface area (Å²) < 4.78 is 0. The van der Waals surface area contributed by atoms with Crippen LogP contribution in [-0.2, 0) is 0 Å². The van der Waals surface area contributed by atoms with E-state index >= 15 is 0 Å². The summed E-state index contributed by atoms with van der Waals surface area (Å²) in [6.45, 7) is 3.19. The third-order valence-electron chi connectivity index (χ3n) is 4.52. The van der Waals surface area contributed by atoms with E-state index in [4.69, 9.17) is 10.9 Å². The Morgan fingerprint density at radius 2 is 1.95 bits per heavy atom. The highest BCUT2D eigenvalue weighted by molar-refractivity contribution is 5.80. The van der Waals surface area contributed by atoms with E-state index in [-0.39, 0.29) is 6.04 Å². The third kappa shape index (κ3) is 4.21. The van der Waals surface area contributed by atoms with Gasteiger partial charge in [0.15, 0.2) is 0 Å². The highest BCUT2D eigenvalue weighted by atomic mass is 16.4. The highest BCUT2D eigenvalue weighted by Crippen LogP contribution is 2.32. The maximum atomic E-state index is 8.94. The van der Waals surface area contributed by atoms with Crippen LogP contribution in [0.4, 0.5) is 0 Å². The molecule has 21 heavy (non-hydrogen) atoms. The van der Waals surface area contributed by atoms with Crippen LogP contribution >= 0.6 is 0 Å². The molecule has 116 valence electrons. The summed E-state index contributed by atoms with van der Waals surface area (Å²) in [7, 11) is 0. The number of nitrogens with two attached hydrogens (primary N) is 1. The maximum Gasteiger partial charge on any atom is 0.141 e. The number of rotatable bonds is 6. The molecule has 0 aromatic heterocycles. The molecule has 1 aliphatic carbocycles. The molecule has 0 bridgehead atoms. The van der Waals surface area contributed by atoms with Gasteiger partial charge in [-0.05, 0) is 24.9 Å². The molecule has 1 aliphatic rings. The quantitative estimate of drug-likeness (QED) is 0.364. The lowest BCUT2D eigenvalue weighted by Gasteiger charge is -2.39. The number of amidine groups is 1. The minimum absolute atomic E-state index is 0.190. The van der Waals surface area contributed by atoms with Crippen LogP contribution in [0.2, 0.25) is 0 Å². The number of oxime groups is 1. The molecular formula is C17H27N3O. The van der Waals surface area contributed by atoms with E-state index in [0.29, 0.717) is 18.3 Å². The Hall–Kier alpha value is -1.55. The van der Waals surface area contributed by atoms with Crippen molar-refractivity contribution in [1.29, 1.82) is 0 Å². The molecule has 0 spiro atoms. The van der Waals surface area contributed by atoms with E-state index in [1.807, 2.05) is 6.07 Å². The topological polar surface area (TPSA) is 61.8 Å². The summed E-state index contributed by atoms with van der Waals surface area (Å²) in [5.74, 6) is 0.304. The van der Waals surface area contributed by atoms with E-state index in [0.717, 1.165) is 6.54 Å². The van der Waals surface area contributed by atoms with Crippen molar-refractivity contribution in [2.45, 2.75) is 57.5 Å². The van der Waals surface area contributed by atoms with Gasteiger partial charge in [-0.15, -0.1) is 0 Å². The number of hydrogen-bond acceptors (Lipinski definition) is 3. The summed E-state index contributed by atoms with van der Waals surface area (Å²) in [6.07, 6.45) is 7.06. The van der Waals surface area contributed by atoms with Crippen LogP contribution in [0, 0.1) is 0 Å². The van der Waals surface area contributed by atoms with Gasteiger partial charge in [0.1, 0.15) is 5.84 Å². The maximum absolute atomic E-state index is 8.94. The third-order valence-corrected chi connectivity index (χ3v) is 4.52. The lowest BCUT2D eigenvalue weighted by atomic mass is 9.91. The van der Waals surface area contributed by atoms with E-state index in [2.05, 4.69) is 41.2 Å². The van der Waals surface area contributed by atoms with Crippen molar-refractivity contribution in [3.63, 3.8) is 0 Å². The minimum atomic E-state index is 0.190. The summed E-state index contributed by atoms with van der Waals surface area (Å²) in [6, 6.07) is 11.2. The van der Waals surface area contributed by atoms with Crippen LogP contribution in [0.1, 0.15) is 57.1 Å². The zero-order valence-electron chi connectivity index (χ0n) is 12.9. The molecule has 1 aromatic rings. The second kappa shape index (κ2) is 8.03. The number of hydrogen-bond donors (Lipinski definition) is 2. The van der Waals surface area contributed by atoms with Crippen LogP contribution in [0.5, 0.6) is 0 Å². The second-order valence-electron chi connectivity index (χ2n) is 5.84. The highest BCUT2D eigenvalue weighted by Gasteiger charge is 2.28. The minimum Gasteiger partial charge on any atom is -0.409 e. The Morgan fingerprint density at radius 3 is 2.52 bits per heavy atom. The molecule has 0 amide bonds. The van der Waals surface area contributed by atoms with Crippen molar-refractivity contribution in [2.75, 3.05) is 6.54 Å². The van der Waals surface area contributed by atoms with Crippen molar-refractivity contribution in [3.05, 3.63) is 35.9 Å². The monoisotopic (exact) mass is 289 g/mol. The molecular weight excluding hydrogens is 262 g/mol. The fourth-order valence-electron chi connectivity index (χ4n) is 3.49. The second-order valence-corrected chi connectivity index (χ2v) is 5.84. The lowest BCUT2D eigenvalue weighted by molar-refractivity contribution is 0.112. The van der Waals surface area contributed by atoms with Gasteiger partial charge in [0, 0.05) is 18.5 Å². The van der Waals surface area contributed by atoms with Gasteiger partial charge in [-0.3, -0.25) is 4.90 Å². The van der Waals surface area contributed by atoms with E-state index in [1.54, 1.807) is 0 Å². The molecule has 0 radical (unpaired) electrons. The average molecular weight is 289 g/mol. The smallest absolute Gasteiger partial charge is 0.141 e. The van der Waals surface area contributed by atoms with E-state index in [9.17, 15) is 0 Å². The standard InChI is InChI=1S/C17H27N3O/c1-2-20(15-11-7-4-8-12-15)16(13-17(18)19-21)14-9-5-3-6-10-14/h3,5-6,9-10,15-16,21H,2,4,7-8,11-13H2,1H3,(H2,18,19). The summed E-state index contributed by atoms with van der Waals surface area (Å²) in [4.78, 5) is 2.53. The van der Waals surface area contributed by atoms with Crippen molar-refractivity contribution in [1.82, 2.24) is 4.90 Å². The molecule has 4 nitrogen and oxygen atoms in total. The molecule has 0 heterocycles. The summed E-state index contributed by atoms with van der Waals surface area (Å²) in [5.41, 5.74) is 7.05. The Morgan fingerprint density at radius 1 is 1.29 bits per heavy atom. The molecule has 4 heteroatoms. The van der Waals surface area contributed by atoms with Gasteiger partial charge in [-0.25, -0.2) is 0 Å². The van der Waals surface area contributed by atoms with Gasteiger partial charge < -0.3 is 10.9 Å². The predicted octanol–water partition coefficient (Wildman–Crippen LogP) is 3.52. The van der Waals surface area contributed by atoms with Crippen LogP contribution in [0.25, 0.3) is 0 Å². The first-order valence-corrected chi connectivity index (χ1v) is 8.03. The largest absolute Gasteiger partial charge is 0.409 e. The molecule has 1 saturated carbocycles. The Kier molecular flexibility index (Phi) is 6.05. The predicted molar refractivity (Wildman–Crippen MR) is 86.5 cm³/mol. The zero-order chi connectivity index (χ0) is 15.1. The van der Waals surface area contributed by atoms with Crippen molar-refractivity contribution < 1.29 is 5.21 Å². The molecule has 3 N–H and O–H groups in total. The molecule has 1 aromatic carbocycles. The zero-order valence-corrected chi connectivity index (χ0v) is 12.9. The van der Waals surface area contributed by atoms with E-state index < -0.39 is 0 Å². The van der Waals surface area contributed by atoms with Gasteiger partial charge in [0.2, 0.25) is 0 Å². The Bertz CT molecular complexity index is 441. The fraction of sp³-hybridized carbons (Fsp3) is 0.588. The molecule has 1 unspecified atom stereocenters.